The third-order valence-corrected chi connectivity index (χ3v) is 8.08. The van der Waals surface area contributed by atoms with Crippen molar-refractivity contribution in [3.05, 3.63) is 103 Å². The van der Waals surface area contributed by atoms with E-state index in [0.717, 1.165) is 11.0 Å². The average Bonchev–Trinajstić information content (AvgIpc) is 2.99. The van der Waals surface area contributed by atoms with E-state index in [2.05, 4.69) is 5.32 Å². The highest BCUT2D eigenvalue weighted by molar-refractivity contribution is 14.1. The van der Waals surface area contributed by atoms with E-state index in [9.17, 15) is 19.5 Å². The first-order chi connectivity index (χ1) is 22.2. The smallest absolute Gasteiger partial charge is 0.412 e. The monoisotopic (exact) mass is 756 g/mol. The van der Waals surface area contributed by atoms with Gasteiger partial charge in [0, 0.05) is 22.2 Å². The molecular weight excluding hydrogens is 722 g/mol. The summed E-state index contributed by atoms with van der Waals surface area (Å²) < 4.78 is 34.2. The van der Waals surface area contributed by atoms with Gasteiger partial charge in [-0.3, -0.25) is 29.3 Å². The largest absolute Gasteiger partial charge is 0.497 e. The van der Waals surface area contributed by atoms with Gasteiger partial charge in [0.2, 0.25) is 6.35 Å². The Bertz CT molecular complexity index is 1910. The van der Waals surface area contributed by atoms with Gasteiger partial charge in [0.1, 0.15) is 40.0 Å². The predicted octanol–water partition coefficient (Wildman–Crippen LogP) is 6.66. The Morgan fingerprint density at radius 3 is 2.38 bits per heavy atom. The zero-order valence-corrected chi connectivity index (χ0v) is 28.8. The molecule has 0 spiro atoms. The SMILES string of the molecule is COc1ccc(CN2C(=O)c3c(Oc4cccc(NC(=O)OC(C)(C)C)c4C)cc(=O)n(C)c3N(c3ccc(I)cc3F)C2O)cc1. The van der Waals surface area contributed by atoms with Gasteiger partial charge in [-0.1, -0.05) is 18.2 Å². The number of hydrogen-bond donors (Lipinski definition) is 2. The van der Waals surface area contributed by atoms with Crippen molar-refractivity contribution >= 4 is 51.8 Å². The molecule has 5 rings (SSSR count). The number of halogens is 2. The van der Waals surface area contributed by atoms with Crippen LogP contribution in [-0.2, 0) is 18.3 Å². The fourth-order valence-electron chi connectivity index (χ4n) is 5.11. The molecule has 1 aliphatic rings. The fraction of sp³-hybridized carbons (Fsp3) is 0.265. The van der Waals surface area contributed by atoms with E-state index in [1.807, 2.05) is 22.6 Å². The van der Waals surface area contributed by atoms with E-state index in [-0.39, 0.29) is 35.1 Å². The van der Waals surface area contributed by atoms with Gasteiger partial charge in [-0.05, 0) is 98.3 Å². The molecule has 0 bridgehead atoms. The minimum Gasteiger partial charge on any atom is -0.497 e. The number of aromatic nitrogens is 1. The maximum atomic E-state index is 15.6. The van der Waals surface area contributed by atoms with Crippen molar-refractivity contribution in [3.63, 3.8) is 0 Å². The number of aliphatic hydroxyl groups is 1. The Morgan fingerprint density at radius 1 is 1.04 bits per heavy atom. The zero-order valence-electron chi connectivity index (χ0n) is 26.6. The normalized spacial score (nSPS) is 14.5. The molecule has 1 aliphatic heterocycles. The van der Waals surface area contributed by atoms with Gasteiger partial charge in [-0.15, -0.1) is 0 Å². The molecule has 0 fully saturated rings. The van der Waals surface area contributed by atoms with Crippen molar-refractivity contribution in [1.29, 1.82) is 0 Å². The van der Waals surface area contributed by atoms with Crippen LogP contribution in [0.4, 0.5) is 26.4 Å². The van der Waals surface area contributed by atoms with Crippen LogP contribution in [-0.4, -0.2) is 45.6 Å². The number of pyridine rings is 1. The summed E-state index contributed by atoms with van der Waals surface area (Å²) in [5, 5.41) is 14.4. The maximum absolute atomic E-state index is 15.6. The Balaban J connectivity index is 1.64. The molecule has 3 aromatic carbocycles. The maximum Gasteiger partial charge on any atom is 0.412 e. The summed E-state index contributed by atoms with van der Waals surface area (Å²) in [5.41, 5.74) is 0.117. The van der Waals surface area contributed by atoms with E-state index in [4.69, 9.17) is 14.2 Å². The molecule has 13 heteroatoms. The van der Waals surface area contributed by atoms with Gasteiger partial charge in [-0.25, -0.2) is 9.18 Å². The van der Waals surface area contributed by atoms with Gasteiger partial charge in [0.05, 0.1) is 25.0 Å². The van der Waals surface area contributed by atoms with Crippen LogP contribution in [0.1, 0.15) is 42.3 Å². The number of benzene rings is 3. The molecular formula is C34H34FIN4O7. The molecule has 1 atom stereocenters. The van der Waals surface area contributed by atoms with Gasteiger partial charge in [-0.2, -0.15) is 0 Å². The third-order valence-electron chi connectivity index (χ3n) is 7.41. The molecule has 1 aromatic heterocycles. The Kier molecular flexibility index (Phi) is 9.50. The summed E-state index contributed by atoms with van der Waals surface area (Å²) in [4.78, 5) is 42.6. The molecule has 47 heavy (non-hydrogen) atoms. The molecule has 11 nitrogen and oxygen atoms in total. The average molecular weight is 757 g/mol. The molecule has 0 saturated carbocycles. The van der Waals surface area contributed by atoms with E-state index in [1.54, 1.807) is 76.2 Å². The molecule has 4 aromatic rings. The summed E-state index contributed by atoms with van der Waals surface area (Å²) in [5.74, 6) is -0.656. The van der Waals surface area contributed by atoms with Gasteiger partial charge >= 0.3 is 6.09 Å². The van der Waals surface area contributed by atoms with E-state index >= 15 is 4.39 Å². The first-order valence-electron chi connectivity index (χ1n) is 14.6. The Labute approximate surface area is 284 Å². The van der Waals surface area contributed by atoms with E-state index in [0.29, 0.717) is 26.1 Å². The summed E-state index contributed by atoms with van der Waals surface area (Å²) in [6, 6.07) is 17.4. The van der Waals surface area contributed by atoms with E-state index in [1.165, 1.54) is 35.8 Å². The number of fused-ring (bicyclic) bond motifs is 1. The first-order valence-corrected chi connectivity index (χ1v) is 15.6. The fourth-order valence-corrected chi connectivity index (χ4v) is 5.57. The van der Waals surface area contributed by atoms with Crippen LogP contribution in [0.3, 0.4) is 0 Å². The molecule has 2 heterocycles. The minimum absolute atomic E-state index is 0.0571. The van der Waals surface area contributed by atoms with Crippen LogP contribution in [0.2, 0.25) is 0 Å². The number of carbonyl (C=O) groups excluding carboxylic acids is 2. The molecule has 0 aliphatic carbocycles. The summed E-state index contributed by atoms with van der Waals surface area (Å²) >= 11 is 1.97. The van der Waals surface area contributed by atoms with Crippen LogP contribution in [0.15, 0.2) is 71.5 Å². The topological polar surface area (TPSA) is 123 Å². The lowest BCUT2D eigenvalue weighted by atomic mass is 10.1. The van der Waals surface area contributed by atoms with Gasteiger partial charge < -0.3 is 19.3 Å². The van der Waals surface area contributed by atoms with Crippen LogP contribution >= 0.6 is 22.6 Å². The van der Waals surface area contributed by atoms with Crippen molar-refractivity contribution in [1.82, 2.24) is 9.47 Å². The molecule has 1 unspecified atom stereocenters. The summed E-state index contributed by atoms with van der Waals surface area (Å²) in [7, 11) is 2.96. The number of rotatable bonds is 7. The number of hydrogen-bond acceptors (Lipinski definition) is 8. The van der Waals surface area contributed by atoms with Crippen molar-refractivity contribution in [3.8, 4) is 17.2 Å². The predicted molar refractivity (Wildman–Crippen MR) is 183 cm³/mol. The van der Waals surface area contributed by atoms with Crippen molar-refractivity contribution < 1.29 is 33.3 Å². The standard InChI is InChI=1S/C34H34FIN4O7/c1-19-24(37-32(43)47-34(2,3)4)8-7-9-26(19)46-27-17-28(41)38(5)30-29(27)31(42)39(18-20-10-13-22(45-6)14-11-20)33(44)40(30)25-15-12-21(36)16-23(25)35/h7-17,33,44H,18H2,1-6H3,(H,37,43). The van der Waals surface area contributed by atoms with Gasteiger partial charge in [0.25, 0.3) is 11.5 Å². The lowest BCUT2D eigenvalue weighted by molar-refractivity contribution is 0.00199. The van der Waals surface area contributed by atoms with Crippen LogP contribution in [0.5, 0.6) is 17.2 Å². The highest BCUT2D eigenvalue weighted by Crippen LogP contribution is 2.43. The number of nitrogens with one attached hydrogen (secondary N) is 1. The van der Waals surface area contributed by atoms with Crippen LogP contribution in [0.25, 0.3) is 0 Å². The molecule has 2 amide bonds. The Morgan fingerprint density at radius 2 is 1.74 bits per heavy atom. The summed E-state index contributed by atoms with van der Waals surface area (Å²) in [6.45, 7) is 6.87. The molecule has 0 saturated heterocycles. The van der Waals surface area contributed by atoms with Crippen molar-refractivity contribution in [2.24, 2.45) is 7.05 Å². The molecule has 246 valence electrons. The number of carbonyl (C=O) groups is 2. The Hall–Kier alpha value is -4.63. The zero-order chi connectivity index (χ0) is 34.2. The second kappa shape index (κ2) is 13.2. The van der Waals surface area contributed by atoms with Crippen LogP contribution in [0, 0.1) is 16.3 Å². The molecule has 0 radical (unpaired) electrons. The second-order valence-corrected chi connectivity index (χ2v) is 13.1. The number of aliphatic hydroxyl groups excluding tert-OH is 1. The third kappa shape index (κ3) is 7.05. The van der Waals surface area contributed by atoms with Crippen molar-refractivity contribution in [2.75, 3.05) is 17.3 Å². The highest BCUT2D eigenvalue weighted by Gasteiger charge is 2.42. The van der Waals surface area contributed by atoms with E-state index < -0.39 is 35.3 Å². The summed E-state index contributed by atoms with van der Waals surface area (Å²) in [6.07, 6.45) is -2.37. The number of nitrogens with zero attached hydrogens (tertiary/aromatic N) is 3. The quantitative estimate of drug-likeness (QED) is 0.201. The lowest BCUT2D eigenvalue weighted by Crippen LogP contribution is -2.55. The molecule has 2 N–H and O–H groups in total. The van der Waals surface area contributed by atoms with Crippen LogP contribution < -0.4 is 25.2 Å². The number of ether oxygens (including phenoxy) is 3. The van der Waals surface area contributed by atoms with Gasteiger partial charge in [0.15, 0.2) is 0 Å². The number of anilines is 3. The minimum atomic E-state index is -1.70. The lowest BCUT2D eigenvalue weighted by Gasteiger charge is -2.43. The highest BCUT2D eigenvalue weighted by atomic mass is 127. The second-order valence-electron chi connectivity index (χ2n) is 11.9. The number of methoxy groups -OCH3 is 1. The number of amides is 2. The van der Waals surface area contributed by atoms with Crippen molar-refractivity contribution in [2.45, 2.75) is 46.2 Å². The first kappa shape index (κ1) is 33.7.